The summed E-state index contributed by atoms with van der Waals surface area (Å²) in [4.78, 5) is 15.1. The van der Waals surface area contributed by atoms with Crippen molar-refractivity contribution in [2.45, 2.75) is 20.0 Å². The van der Waals surface area contributed by atoms with Crippen LogP contribution in [-0.2, 0) is 17.8 Å². The van der Waals surface area contributed by atoms with Crippen LogP contribution in [0, 0.1) is 6.92 Å². The van der Waals surface area contributed by atoms with Crippen molar-refractivity contribution in [2.24, 2.45) is 0 Å². The van der Waals surface area contributed by atoms with E-state index < -0.39 is 5.97 Å². The van der Waals surface area contributed by atoms with Crippen LogP contribution in [0.15, 0.2) is 45.4 Å². The van der Waals surface area contributed by atoms with Crippen molar-refractivity contribution in [1.82, 2.24) is 4.98 Å². The molecule has 124 valence electrons. The summed E-state index contributed by atoms with van der Waals surface area (Å²) < 4.78 is 16.5. The minimum atomic E-state index is -0.914. The van der Waals surface area contributed by atoms with E-state index in [-0.39, 0.29) is 13.0 Å². The highest BCUT2D eigenvalue weighted by atomic mass is 35.5. The average Bonchev–Trinajstić information content (AvgIpc) is 3.15. The molecule has 2 aromatic heterocycles. The number of hydrogen-bond acceptors (Lipinski definition) is 5. The van der Waals surface area contributed by atoms with Crippen LogP contribution in [0.2, 0.25) is 5.02 Å². The van der Waals surface area contributed by atoms with E-state index in [1.807, 2.05) is 0 Å². The number of aryl methyl sites for hydroxylation is 1. The fourth-order valence-corrected chi connectivity index (χ4v) is 2.42. The minimum absolute atomic E-state index is 0.0884. The van der Waals surface area contributed by atoms with Gasteiger partial charge in [-0.3, -0.25) is 4.79 Å². The molecule has 0 saturated heterocycles. The van der Waals surface area contributed by atoms with Crippen molar-refractivity contribution in [2.75, 3.05) is 0 Å². The standard InChI is InChI=1S/C17H14ClNO5/c1-10-13(19-17(24-10)15-3-2-6-22-15)9-23-14-5-4-11(7-12(14)18)8-16(20)21/h2-7H,8-9H2,1H3,(H,20,21). The molecule has 1 N–H and O–H groups in total. The molecule has 0 saturated carbocycles. The molecule has 0 spiro atoms. The maximum absolute atomic E-state index is 10.7. The molecule has 0 fully saturated rings. The van der Waals surface area contributed by atoms with Crippen LogP contribution in [0.4, 0.5) is 0 Å². The number of benzene rings is 1. The van der Waals surface area contributed by atoms with E-state index in [0.29, 0.717) is 39.4 Å². The van der Waals surface area contributed by atoms with Crippen molar-refractivity contribution in [3.8, 4) is 17.4 Å². The lowest BCUT2D eigenvalue weighted by molar-refractivity contribution is -0.136. The predicted octanol–water partition coefficient (Wildman–Crippen LogP) is 4.10. The lowest BCUT2D eigenvalue weighted by atomic mass is 10.1. The number of rotatable bonds is 6. The molecule has 3 aromatic rings. The van der Waals surface area contributed by atoms with Crippen LogP contribution in [-0.4, -0.2) is 16.1 Å². The molecule has 6 nitrogen and oxygen atoms in total. The summed E-state index contributed by atoms with van der Waals surface area (Å²) in [5.74, 6) is 1.09. The first kappa shape index (κ1) is 16.1. The maximum Gasteiger partial charge on any atom is 0.307 e. The van der Waals surface area contributed by atoms with E-state index in [9.17, 15) is 4.79 Å². The first-order valence-electron chi connectivity index (χ1n) is 7.16. The molecule has 24 heavy (non-hydrogen) atoms. The summed E-state index contributed by atoms with van der Waals surface area (Å²) >= 11 is 6.13. The van der Waals surface area contributed by atoms with Gasteiger partial charge in [0.1, 0.15) is 23.8 Å². The van der Waals surface area contributed by atoms with Crippen LogP contribution in [0.25, 0.3) is 11.7 Å². The number of hydrogen-bond donors (Lipinski definition) is 1. The monoisotopic (exact) mass is 347 g/mol. The van der Waals surface area contributed by atoms with Gasteiger partial charge >= 0.3 is 5.97 Å². The highest BCUT2D eigenvalue weighted by molar-refractivity contribution is 6.32. The number of nitrogens with zero attached hydrogens (tertiary/aromatic N) is 1. The largest absolute Gasteiger partial charge is 0.486 e. The third kappa shape index (κ3) is 3.60. The number of halogens is 1. The van der Waals surface area contributed by atoms with Gasteiger partial charge < -0.3 is 18.7 Å². The van der Waals surface area contributed by atoms with Gasteiger partial charge in [-0.05, 0) is 36.8 Å². The van der Waals surface area contributed by atoms with Gasteiger partial charge in [0.25, 0.3) is 5.89 Å². The smallest absolute Gasteiger partial charge is 0.307 e. The first-order valence-corrected chi connectivity index (χ1v) is 7.54. The molecule has 0 radical (unpaired) electrons. The Balaban J connectivity index is 1.71. The summed E-state index contributed by atoms with van der Waals surface area (Å²) in [5.41, 5.74) is 1.24. The number of carbonyl (C=O) groups is 1. The highest BCUT2D eigenvalue weighted by Gasteiger charge is 2.14. The number of carboxylic acid groups (broad SMARTS) is 1. The van der Waals surface area contributed by atoms with Gasteiger partial charge in [0.15, 0.2) is 5.76 Å². The summed E-state index contributed by atoms with van der Waals surface area (Å²) in [7, 11) is 0. The quantitative estimate of drug-likeness (QED) is 0.722. The van der Waals surface area contributed by atoms with Crippen molar-refractivity contribution in [1.29, 1.82) is 0 Å². The molecular weight excluding hydrogens is 334 g/mol. The Morgan fingerprint density at radius 2 is 2.21 bits per heavy atom. The molecular formula is C17H14ClNO5. The fourth-order valence-electron chi connectivity index (χ4n) is 2.16. The molecule has 2 heterocycles. The molecule has 0 aliphatic carbocycles. The lowest BCUT2D eigenvalue weighted by Crippen LogP contribution is -2.01. The molecule has 3 rings (SSSR count). The zero-order chi connectivity index (χ0) is 17.1. The third-order valence-electron chi connectivity index (χ3n) is 3.34. The Kier molecular flexibility index (Phi) is 4.57. The van der Waals surface area contributed by atoms with Crippen molar-refractivity contribution < 1.29 is 23.5 Å². The van der Waals surface area contributed by atoms with E-state index in [4.69, 9.17) is 30.3 Å². The number of aromatic nitrogens is 1. The van der Waals surface area contributed by atoms with E-state index in [2.05, 4.69) is 4.98 Å². The van der Waals surface area contributed by atoms with Crippen molar-refractivity contribution in [3.05, 3.63) is 58.6 Å². The van der Waals surface area contributed by atoms with Gasteiger partial charge in [0.05, 0.1) is 17.7 Å². The summed E-state index contributed by atoms with van der Waals surface area (Å²) in [6.07, 6.45) is 1.46. The number of carboxylic acids is 1. The third-order valence-corrected chi connectivity index (χ3v) is 3.64. The highest BCUT2D eigenvalue weighted by Crippen LogP contribution is 2.28. The van der Waals surface area contributed by atoms with Crippen LogP contribution in [0.5, 0.6) is 5.75 Å². The van der Waals surface area contributed by atoms with Crippen LogP contribution < -0.4 is 4.74 Å². The number of aliphatic carboxylic acids is 1. The van der Waals surface area contributed by atoms with E-state index >= 15 is 0 Å². The predicted molar refractivity (Wildman–Crippen MR) is 86.1 cm³/mol. The maximum atomic E-state index is 10.7. The zero-order valence-electron chi connectivity index (χ0n) is 12.8. The average molecular weight is 348 g/mol. The lowest BCUT2D eigenvalue weighted by Gasteiger charge is -2.08. The summed E-state index contributed by atoms with van der Waals surface area (Å²) in [5, 5.41) is 9.14. The topological polar surface area (TPSA) is 85.7 Å². The normalized spacial score (nSPS) is 10.8. The second-order valence-corrected chi connectivity index (χ2v) is 5.53. The van der Waals surface area contributed by atoms with Crippen LogP contribution >= 0.6 is 11.6 Å². The van der Waals surface area contributed by atoms with Crippen molar-refractivity contribution >= 4 is 17.6 Å². The number of furan rings is 1. The van der Waals surface area contributed by atoms with Crippen LogP contribution in [0.1, 0.15) is 17.0 Å². The second kappa shape index (κ2) is 6.80. The molecule has 0 aliphatic heterocycles. The first-order chi connectivity index (χ1) is 11.5. The Bertz CT molecular complexity index is 854. The second-order valence-electron chi connectivity index (χ2n) is 5.12. The Hall–Kier alpha value is -2.73. The molecule has 0 bridgehead atoms. The summed E-state index contributed by atoms with van der Waals surface area (Å²) in [6.45, 7) is 1.96. The molecule has 0 atom stereocenters. The van der Waals surface area contributed by atoms with Gasteiger partial charge in [-0.15, -0.1) is 0 Å². The number of ether oxygens (including phenoxy) is 1. The Morgan fingerprint density at radius 3 is 2.88 bits per heavy atom. The summed E-state index contributed by atoms with van der Waals surface area (Å²) in [6, 6.07) is 8.40. The van der Waals surface area contributed by atoms with Gasteiger partial charge in [-0.1, -0.05) is 17.7 Å². The SMILES string of the molecule is Cc1oc(-c2ccco2)nc1COc1ccc(CC(=O)O)cc1Cl. The fraction of sp³-hybridized carbons (Fsp3) is 0.176. The van der Waals surface area contributed by atoms with Crippen molar-refractivity contribution in [3.63, 3.8) is 0 Å². The molecule has 0 amide bonds. The Labute approximate surface area is 142 Å². The Morgan fingerprint density at radius 1 is 1.38 bits per heavy atom. The molecule has 0 unspecified atom stereocenters. The zero-order valence-corrected chi connectivity index (χ0v) is 13.5. The van der Waals surface area contributed by atoms with Gasteiger partial charge in [-0.25, -0.2) is 4.98 Å². The van der Waals surface area contributed by atoms with Gasteiger partial charge in [-0.2, -0.15) is 0 Å². The number of oxazole rings is 1. The molecule has 1 aromatic carbocycles. The van der Waals surface area contributed by atoms with Gasteiger partial charge in [0, 0.05) is 0 Å². The van der Waals surface area contributed by atoms with E-state index in [1.54, 1.807) is 43.5 Å². The van der Waals surface area contributed by atoms with Crippen LogP contribution in [0.3, 0.4) is 0 Å². The van der Waals surface area contributed by atoms with E-state index in [0.717, 1.165) is 0 Å². The minimum Gasteiger partial charge on any atom is -0.486 e. The molecule has 0 aliphatic rings. The van der Waals surface area contributed by atoms with E-state index in [1.165, 1.54) is 0 Å². The van der Waals surface area contributed by atoms with Gasteiger partial charge in [0.2, 0.25) is 0 Å². The molecule has 7 heteroatoms.